The van der Waals surface area contributed by atoms with Crippen LogP contribution in [0.3, 0.4) is 0 Å². The molecule has 0 bridgehead atoms. The molecule has 0 aromatic rings. The van der Waals surface area contributed by atoms with Crippen LogP contribution in [0.1, 0.15) is 0 Å². The smallest absolute Gasteiger partial charge is 0.376 e. The van der Waals surface area contributed by atoms with Crippen LogP contribution >= 0.6 is 0 Å². The number of carboxylic acids is 1. The number of aliphatic carboxylic acids is 1. The Hall–Kier alpha value is -1.16. The number of ether oxygens (including phenoxy) is 1. The van der Waals surface area contributed by atoms with Crippen molar-refractivity contribution in [3.8, 4) is 0 Å². The zero-order valence-corrected chi connectivity index (χ0v) is 5.53. The summed E-state index contributed by atoms with van der Waals surface area (Å²) in [5.74, 6) is -2.38. The molecule has 0 atom stereocenters. The molecule has 0 heterocycles. The van der Waals surface area contributed by atoms with Gasteiger partial charge in [0.1, 0.15) is 0 Å². The fourth-order valence-electron chi connectivity index (χ4n) is 0.323. The number of hydrogen-bond donors (Lipinski definition) is 1. The van der Waals surface area contributed by atoms with Gasteiger partial charge in [-0.1, -0.05) is 6.08 Å². The number of hydrogen-bond acceptors (Lipinski definition) is 3. The topological polar surface area (TPSA) is 63.6 Å². The zero-order valence-electron chi connectivity index (χ0n) is 5.53. The van der Waals surface area contributed by atoms with Crippen LogP contribution in [0.2, 0.25) is 0 Å². The van der Waals surface area contributed by atoms with E-state index in [-0.39, 0.29) is 6.61 Å². The van der Waals surface area contributed by atoms with Gasteiger partial charge in [0.2, 0.25) is 0 Å². The summed E-state index contributed by atoms with van der Waals surface area (Å²) in [6.45, 7) is 0.249. The zero-order chi connectivity index (χ0) is 7.98. The Balaban J connectivity index is 3.67. The monoisotopic (exact) mass is 144 g/mol. The first-order valence-electron chi connectivity index (χ1n) is 2.61. The molecule has 0 radical (unpaired) electrons. The molecule has 0 amide bonds. The van der Waals surface area contributed by atoms with E-state index in [0.29, 0.717) is 0 Å². The van der Waals surface area contributed by atoms with Crippen LogP contribution in [0.5, 0.6) is 0 Å². The van der Waals surface area contributed by atoms with Gasteiger partial charge in [0, 0.05) is 7.11 Å². The quantitative estimate of drug-likeness (QED) is 0.440. The molecule has 1 N–H and O–H groups in total. The van der Waals surface area contributed by atoms with Gasteiger partial charge in [-0.2, -0.15) is 0 Å². The average molecular weight is 144 g/mol. The number of ketones is 1. The molecular weight excluding hydrogens is 136 g/mol. The maximum atomic E-state index is 10.3. The summed E-state index contributed by atoms with van der Waals surface area (Å²) in [4.78, 5) is 20.1. The van der Waals surface area contributed by atoms with Crippen molar-refractivity contribution in [1.82, 2.24) is 0 Å². The van der Waals surface area contributed by atoms with Crippen LogP contribution in [-0.2, 0) is 14.3 Å². The number of methoxy groups -OCH3 is 1. The minimum absolute atomic E-state index is 0.249. The molecule has 0 spiro atoms. The largest absolute Gasteiger partial charge is 0.475 e. The Morgan fingerprint density at radius 1 is 1.60 bits per heavy atom. The maximum absolute atomic E-state index is 10.3. The third-order valence-corrected chi connectivity index (χ3v) is 0.743. The number of carbonyl (C=O) groups is 2. The number of rotatable bonds is 4. The Morgan fingerprint density at radius 2 is 2.20 bits per heavy atom. The van der Waals surface area contributed by atoms with Crippen molar-refractivity contribution in [2.75, 3.05) is 13.7 Å². The van der Waals surface area contributed by atoms with Gasteiger partial charge in [-0.3, -0.25) is 4.79 Å². The van der Waals surface area contributed by atoms with Gasteiger partial charge in [-0.25, -0.2) is 4.79 Å². The van der Waals surface area contributed by atoms with Crippen molar-refractivity contribution in [2.24, 2.45) is 0 Å². The van der Waals surface area contributed by atoms with Crippen molar-refractivity contribution in [3.05, 3.63) is 12.2 Å². The Morgan fingerprint density at radius 3 is 2.60 bits per heavy atom. The molecule has 0 fully saturated rings. The van der Waals surface area contributed by atoms with Crippen LogP contribution < -0.4 is 0 Å². The molecule has 0 aromatic carbocycles. The molecule has 0 aliphatic rings. The van der Waals surface area contributed by atoms with Crippen LogP contribution in [0.15, 0.2) is 12.2 Å². The Kier molecular flexibility index (Phi) is 4.15. The minimum Gasteiger partial charge on any atom is -0.475 e. The predicted octanol–water partition coefficient (Wildman–Crippen LogP) is -0.157. The first-order chi connectivity index (χ1) is 4.68. The Bertz CT molecular complexity index is 159. The van der Waals surface area contributed by atoms with Crippen molar-refractivity contribution in [2.45, 2.75) is 0 Å². The lowest BCUT2D eigenvalue weighted by atomic mass is 10.3. The highest BCUT2D eigenvalue weighted by Gasteiger charge is 2.04. The molecule has 0 aliphatic carbocycles. The predicted molar refractivity (Wildman–Crippen MR) is 33.7 cm³/mol. The molecule has 0 aliphatic heterocycles. The third kappa shape index (κ3) is 3.80. The van der Waals surface area contributed by atoms with Gasteiger partial charge in [0.25, 0.3) is 5.78 Å². The first kappa shape index (κ1) is 8.84. The van der Waals surface area contributed by atoms with E-state index in [2.05, 4.69) is 4.74 Å². The summed E-state index contributed by atoms with van der Waals surface area (Å²) in [5, 5.41) is 8.04. The molecule has 4 nitrogen and oxygen atoms in total. The third-order valence-electron chi connectivity index (χ3n) is 0.743. The standard InChI is InChI=1S/C6H8O4/c1-10-4-2-3-5(7)6(8)9/h2-3H,4H2,1H3,(H,8,9)/b3-2+. The Labute approximate surface area is 58.1 Å². The van der Waals surface area contributed by atoms with E-state index in [1.54, 1.807) is 0 Å². The molecule has 0 unspecified atom stereocenters. The second kappa shape index (κ2) is 4.69. The minimum atomic E-state index is -1.45. The molecule has 4 heteroatoms. The number of carboxylic acid groups (broad SMARTS) is 1. The van der Waals surface area contributed by atoms with E-state index in [4.69, 9.17) is 5.11 Å². The van der Waals surface area contributed by atoms with Gasteiger partial charge in [0.15, 0.2) is 0 Å². The van der Waals surface area contributed by atoms with Gasteiger partial charge in [-0.05, 0) is 6.08 Å². The fourth-order valence-corrected chi connectivity index (χ4v) is 0.323. The van der Waals surface area contributed by atoms with Gasteiger partial charge < -0.3 is 9.84 Å². The van der Waals surface area contributed by atoms with E-state index in [1.807, 2.05) is 0 Å². The summed E-state index contributed by atoms with van der Waals surface area (Å²) in [7, 11) is 1.45. The van der Waals surface area contributed by atoms with Crippen molar-refractivity contribution < 1.29 is 19.4 Å². The van der Waals surface area contributed by atoms with E-state index < -0.39 is 11.8 Å². The summed E-state index contributed by atoms with van der Waals surface area (Å²) in [5.41, 5.74) is 0. The highest BCUT2D eigenvalue weighted by Crippen LogP contribution is 1.77. The van der Waals surface area contributed by atoms with Gasteiger partial charge >= 0.3 is 5.97 Å². The van der Waals surface area contributed by atoms with E-state index in [1.165, 1.54) is 13.2 Å². The lowest BCUT2D eigenvalue weighted by molar-refractivity contribution is -0.146. The molecule has 0 saturated heterocycles. The van der Waals surface area contributed by atoms with Crippen molar-refractivity contribution >= 4 is 11.8 Å². The first-order valence-corrected chi connectivity index (χ1v) is 2.61. The lowest BCUT2D eigenvalue weighted by Crippen LogP contribution is -2.08. The molecule has 0 saturated carbocycles. The van der Waals surface area contributed by atoms with E-state index >= 15 is 0 Å². The van der Waals surface area contributed by atoms with Crippen LogP contribution in [0.25, 0.3) is 0 Å². The fraction of sp³-hybridized carbons (Fsp3) is 0.333. The van der Waals surface area contributed by atoms with Crippen LogP contribution in [-0.4, -0.2) is 30.6 Å². The lowest BCUT2D eigenvalue weighted by Gasteiger charge is -1.85. The van der Waals surface area contributed by atoms with E-state index in [0.717, 1.165) is 6.08 Å². The highest BCUT2D eigenvalue weighted by molar-refractivity contribution is 6.37. The SMILES string of the molecule is COC/C=C/C(=O)C(=O)O. The summed E-state index contributed by atoms with van der Waals surface area (Å²) in [6, 6.07) is 0. The molecule has 10 heavy (non-hydrogen) atoms. The average Bonchev–Trinajstić information content (AvgIpc) is 1.88. The van der Waals surface area contributed by atoms with Crippen LogP contribution in [0, 0.1) is 0 Å². The van der Waals surface area contributed by atoms with Crippen molar-refractivity contribution in [1.29, 1.82) is 0 Å². The van der Waals surface area contributed by atoms with Crippen LogP contribution in [0.4, 0.5) is 0 Å². The normalized spacial score (nSPS) is 10.1. The van der Waals surface area contributed by atoms with Gasteiger partial charge in [-0.15, -0.1) is 0 Å². The van der Waals surface area contributed by atoms with Crippen molar-refractivity contribution in [3.63, 3.8) is 0 Å². The second-order valence-corrected chi connectivity index (χ2v) is 1.53. The summed E-state index contributed by atoms with van der Waals surface area (Å²) < 4.78 is 4.54. The maximum Gasteiger partial charge on any atom is 0.376 e. The summed E-state index contributed by atoms with van der Waals surface area (Å²) >= 11 is 0. The molecule has 0 aromatic heterocycles. The molecular formula is C6H8O4. The number of carbonyl (C=O) groups excluding carboxylic acids is 1. The van der Waals surface area contributed by atoms with E-state index in [9.17, 15) is 9.59 Å². The second-order valence-electron chi connectivity index (χ2n) is 1.53. The van der Waals surface area contributed by atoms with Gasteiger partial charge in [0.05, 0.1) is 6.61 Å². The summed E-state index contributed by atoms with van der Waals surface area (Å²) in [6.07, 6.45) is 2.31. The molecule has 56 valence electrons. The highest BCUT2D eigenvalue weighted by atomic mass is 16.5. The molecule has 0 rings (SSSR count).